The van der Waals surface area contributed by atoms with Gasteiger partial charge in [0.15, 0.2) is 0 Å². The van der Waals surface area contributed by atoms with Gasteiger partial charge in [-0.05, 0) is 31.9 Å². The zero-order valence-electron chi connectivity index (χ0n) is 5.88. The Morgan fingerprint density at radius 2 is 1.67 bits per heavy atom. The highest BCUT2D eigenvalue weighted by atomic mass is 35.5. The quantitative estimate of drug-likeness (QED) is 0.575. The highest BCUT2D eigenvalue weighted by Crippen LogP contribution is 2.19. The van der Waals surface area contributed by atoms with E-state index < -0.39 is 0 Å². The largest absolute Gasteiger partial charge is 0.349 e. The van der Waals surface area contributed by atoms with Crippen LogP contribution in [0.1, 0.15) is 16.8 Å². The van der Waals surface area contributed by atoms with E-state index in [-0.39, 0.29) is 0 Å². The van der Waals surface area contributed by atoms with Crippen molar-refractivity contribution in [1.82, 2.24) is 4.98 Å². The summed E-state index contributed by atoms with van der Waals surface area (Å²) >= 11 is 5.78. The number of H-pyrrole nitrogens is 1. The molecule has 1 aromatic heterocycles. The van der Waals surface area contributed by atoms with Crippen LogP contribution in [0, 0.1) is 20.8 Å². The third-order valence-electron chi connectivity index (χ3n) is 1.75. The topological polar surface area (TPSA) is 15.8 Å². The summed E-state index contributed by atoms with van der Waals surface area (Å²) in [5.74, 6) is 0. The monoisotopic (exact) mass is 143 g/mol. The molecule has 0 aliphatic carbocycles. The van der Waals surface area contributed by atoms with Crippen LogP contribution in [-0.2, 0) is 0 Å². The molecule has 0 saturated heterocycles. The van der Waals surface area contributed by atoms with Crippen molar-refractivity contribution in [3.63, 3.8) is 0 Å². The predicted molar refractivity (Wildman–Crippen MR) is 40.0 cm³/mol. The Morgan fingerprint density at radius 1 is 1.11 bits per heavy atom. The van der Waals surface area contributed by atoms with Gasteiger partial charge in [0.05, 0.1) is 0 Å². The SMILES string of the molecule is Cc1[nH]c(Cl)c(C)c1C. The van der Waals surface area contributed by atoms with Crippen molar-refractivity contribution in [3.05, 3.63) is 22.0 Å². The molecular formula is C7H10ClN. The highest BCUT2D eigenvalue weighted by molar-refractivity contribution is 6.30. The number of nitrogens with one attached hydrogen (secondary N) is 1. The Balaban J connectivity index is 3.29. The molecule has 9 heavy (non-hydrogen) atoms. The molecule has 1 heterocycles. The first-order chi connectivity index (χ1) is 4.13. The predicted octanol–water partition coefficient (Wildman–Crippen LogP) is 2.59. The molecule has 0 spiro atoms. The van der Waals surface area contributed by atoms with Crippen molar-refractivity contribution in [2.45, 2.75) is 20.8 Å². The molecule has 1 aromatic rings. The maximum absolute atomic E-state index is 5.78. The van der Waals surface area contributed by atoms with E-state index >= 15 is 0 Å². The molecule has 0 bridgehead atoms. The van der Waals surface area contributed by atoms with Crippen molar-refractivity contribution in [2.75, 3.05) is 0 Å². The first-order valence-electron chi connectivity index (χ1n) is 2.94. The molecule has 0 amide bonds. The molecule has 50 valence electrons. The van der Waals surface area contributed by atoms with Gasteiger partial charge in [-0.3, -0.25) is 0 Å². The van der Waals surface area contributed by atoms with E-state index in [1.165, 1.54) is 5.56 Å². The van der Waals surface area contributed by atoms with Gasteiger partial charge in [-0.15, -0.1) is 0 Å². The van der Waals surface area contributed by atoms with Crippen LogP contribution >= 0.6 is 11.6 Å². The molecule has 0 atom stereocenters. The molecule has 0 fully saturated rings. The second kappa shape index (κ2) is 2.07. The first kappa shape index (κ1) is 6.69. The summed E-state index contributed by atoms with van der Waals surface area (Å²) in [6.45, 7) is 6.10. The minimum Gasteiger partial charge on any atom is -0.349 e. The van der Waals surface area contributed by atoms with Gasteiger partial charge in [0.25, 0.3) is 0 Å². The molecule has 1 nitrogen and oxygen atoms in total. The lowest BCUT2D eigenvalue weighted by Gasteiger charge is -1.87. The molecule has 0 unspecified atom stereocenters. The van der Waals surface area contributed by atoms with E-state index in [2.05, 4.69) is 11.9 Å². The normalized spacial score (nSPS) is 10.2. The van der Waals surface area contributed by atoms with Crippen LogP contribution in [0.15, 0.2) is 0 Å². The Hall–Kier alpha value is -0.430. The summed E-state index contributed by atoms with van der Waals surface area (Å²) in [6, 6.07) is 0. The third kappa shape index (κ3) is 0.969. The molecule has 0 radical (unpaired) electrons. The molecule has 0 aromatic carbocycles. The minimum absolute atomic E-state index is 0.769. The van der Waals surface area contributed by atoms with Crippen molar-refractivity contribution in [3.8, 4) is 0 Å². The fraction of sp³-hybridized carbons (Fsp3) is 0.429. The third-order valence-corrected chi connectivity index (χ3v) is 2.13. The van der Waals surface area contributed by atoms with Crippen molar-refractivity contribution < 1.29 is 0 Å². The van der Waals surface area contributed by atoms with Crippen molar-refractivity contribution in [1.29, 1.82) is 0 Å². The summed E-state index contributed by atoms with van der Waals surface area (Å²) < 4.78 is 0. The Labute approximate surface area is 60.0 Å². The zero-order valence-corrected chi connectivity index (χ0v) is 6.63. The smallest absolute Gasteiger partial charge is 0.109 e. The fourth-order valence-electron chi connectivity index (χ4n) is 0.798. The van der Waals surface area contributed by atoms with E-state index in [4.69, 9.17) is 11.6 Å². The molecule has 0 saturated carbocycles. The number of aromatic nitrogens is 1. The second-order valence-corrected chi connectivity index (χ2v) is 2.69. The van der Waals surface area contributed by atoms with E-state index in [1.807, 2.05) is 13.8 Å². The van der Waals surface area contributed by atoms with Crippen LogP contribution in [0.2, 0.25) is 5.15 Å². The molecule has 1 N–H and O–H groups in total. The summed E-state index contributed by atoms with van der Waals surface area (Å²) in [6.07, 6.45) is 0. The van der Waals surface area contributed by atoms with Gasteiger partial charge in [-0.25, -0.2) is 0 Å². The van der Waals surface area contributed by atoms with Gasteiger partial charge in [0.2, 0.25) is 0 Å². The highest BCUT2D eigenvalue weighted by Gasteiger charge is 2.02. The summed E-state index contributed by atoms with van der Waals surface area (Å²) in [5, 5.41) is 0.769. The van der Waals surface area contributed by atoms with Crippen LogP contribution in [0.4, 0.5) is 0 Å². The Bertz CT molecular complexity index is 203. The van der Waals surface area contributed by atoms with Gasteiger partial charge in [-0.1, -0.05) is 11.6 Å². The van der Waals surface area contributed by atoms with E-state index in [0.29, 0.717) is 0 Å². The summed E-state index contributed by atoms with van der Waals surface area (Å²) in [4.78, 5) is 3.04. The van der Waals surface area contributed by atoms with Gasteiger partial charge < -0.3 is 4.98 Å². The lowest BCUT2D eigenvalue weighted by Crippen LogP contribution is -1.73. The van der Waals surface area contributed by atoms with E-state index in [9.17, 15) is 0 Å². The van der Waals surface area contributed by atoms with Gasteiger partial charge >= 0.3 is 0 Å². The Morgan fingerprint density at radius 3 is 1.78 bits per heavy atom. The number of hydrogen-bond donors (Lipinski definition) is 1. The maximum atomic E-state index is 5.78. The number of rotatable bonds is 0. The number of hydrogen-bond acceptors (Lipinski definition) is 0. The molecule has 2 heteroatoms. The lowest BCUT2D eigenvalue weighted by molar-refractivity contribution is 1.23. The van der Waals surface area contributed by atoms with E-state index in [0.717, 1.165) is 16.4 Å². The van der Waals surface area contributed by atoms with E-state index in [1.54, 1.807) is 0 Å². The number of aryl methyl sites for hydroxylation is 1. The average molecular weight is 144 g/mol. The maximum Gasteiger partial charge on any atom is 0.109 e. The van der Waals surface area contributed by atoms with Crippen molar-refractivity contribution >= 4 is 11.6 Å². The van der Waals surface area contributed by atoms with Crippen molar-refractivity contribution in [2.24, 2.45) is 0 Å². The number of halogens is 1. The zero-order chi connectivity index (χ0) is 7.02. The molecule has 1 rings (SSSR count). The molecule has 0 aliphatic heterocycles. The van der Waals surface area contributed by atoms with Crippen LogP contribution in [0.25, 0.3) is 0 Å². The van der Waals surface area contributed by atoms with Gasteiger partial charge in [-0.2, -0.15) is 0 Å². The summed E-state index contributed by atoms with van der Waals surface area (Å²) in [7, 11) is 0. The van der Waals surface area contributed by atoms with Crippen LogP contribution in [-0.4, -0.2) is 4.98 Å². The standard InChI is InChI=1S/C7H10ClN/c1-4-5(2)7(8)9-6(4)3/h9H,1-3H3. The second-order valence-electron chi connectivity index (χ2n) is 2.31. The van der Waals surface area contributed by atoms with Crippen LogP contribution in [0.3, 0.4) is 0 Å². The lowest BCUT2D eigenvalue weighted by atomic mass is 10.2. The fourth-order valence-corrected chi connectivity index (χ4v) is 1.08. The van der Waals surface area contributed by atoms with Gasteiger partial charge in [0, 0.05) is 5.69 Å². The molecule has 0 aliphatic rings. The Kier molecular flexibility index (Phi) is 1.54. The molecular weight excluding hydrogens is 134 g/mol. The van der Waals surface area contributed by atoms with Crippen LogP contribution in [0.5, 0.6) is 0 Å². The van der Waals surface area contributed by atoms with Crippen LogP contribution < -0.4 is 0 Å². The summed E-state index contributed by atoms with van der Waals surface area (Å²) in [5.41, 5.74) is 3.59. The average Bonchev–Trinajstić information content (AvgIpc) is 1.98. The first-order valence-corrected chi connectivity index (χ1v) is 3.32. The van der Waals surface area contributed by atoms with Gasteiger partial charge in [0.1, 0.15) is 5.15 Å². The number of aromatic amines is 1. The minimum atomic E-state index is 0.769.